The van der Waals surface area contributed by atoms with E-state index in [1.165, 1.54) is 5.56 Å². The van der Waals surface area contributed by atoms with Crippen LogP contribution in [-0.2, 0) is 4.74 Å². The Kier molecular flexibility index (Phi) is 6.81. The summed E-state index contributed by atoms with van der Waals surface area (Å²) < 4.78 is 5.18. The molecule has 3 nitrogen and oxygen atoms in total. The summed E-state index contributed by atoms with van der Waals surface area (Å²) >= 11 is 0. The molecule has 0 radical (unpaired) electrons. The Labute approximate surface area is 97.4 Å². The largest absolute Gasteiger partial charge is 0.394 e. The number of aliphatic hydroxyl groups is 1. The molecule has 0 spiro atoms. The molecular weight excluding hydrogens is 202 g/mol. The molecule has 1 atom stereocenters. The summed E-state index contributed by atoms with van der Waals surface area (Å²) in [5, 5.41) is 12.0. The summed E-state index contributed by atoms with van der Waals surface area (Å²) in [6, 6.07) is 10.8. The first-order valence-corrected chi connectivity index (χ1v) is 5.81. The maximum absolute atomic E-state index is 8.52. The van der Waals surface area contributed by atoms with Crippen molar-refractivity contribution in [2.45, 2.75) is 19.4 Å². The molecule has 0 aromatic heterocycles. The minimum Gasteiger partial charge on any atom is -0.394 e. The van der Waals surface area contributed by atoms with Crippen molar-refractivity contribution in [3.8, 4) is 0 Å². The molecule has 0 fully saturated rings. The molecule has 1 rings (SSSR count). The van der Waals surface area contributed by atoms with Gasteiger partial charge in [-0.05, 0) is 25.5 Å². The highest BCUT2D eigenvalue weighted by Crippen LogP contribution is 2.10. The van der Waals surface area contributed by atoms with Crippen LogP contribution in [0.4, 0.5) is 0 Å². The van der Waals surface area contributed by atoms with Gasteiger partial charge < -0.3 is 15.2 Å². The lowest BCUT2D eigenvalue weighted by Crippen LogP contribution is -2.21. The lowest BCUT2D eigenvalue weighted by atomic mass is 10.1. The monoisotopic (exact) mass is 223 g/mol. The maximum atomic E-state index is 8.52. The van der Waals surface area contributed by atoms with E-state index in [1.54, 1.807) is 0 Å². The second kappa shape index (κ2) is 8.28. The Morgan fingerprint density at radius 1 is 1.25 bits per heavy atom. The van der Waals surface area contributed by atoms with E-state index in [0.717, 1.165) is 13.0 Å². The van der Waals surface area contributed by atoms with Crippen molar-refractivity contribution in [1.82, 2.24) is 5.32 Å². The van der Waals surface area contributed by atoms with Crippen molar-refractivity contribution in [2.75, 3.05) is 26.4 Å². The van der Waals surface area contributed by atoms with Crippen molar-refractivity contribution < 1.29 is 9.84 Å². The highest BCUT2D eigenvalue weighted by Gasteiger charge is 2.02. The Morgan fingerprint density at radius 2 is 2.00 bits per heavy atom. The molecule has 0 aliphatic rings. The molecule has 1 unspecified atom stereocenters. The highest BCUT2D eigenvalue weighted by molar-refractivity contribution is 5.17. The standard InChI is InChI=1S/C13H21NO2/c1-12(13-6-3-2-4-7-13)14-8-5-10-16-11-9-15/h2-4,6-7,12,14-15H,5,8-11H2,1H3. The second-order valence-electron chi connectivity index (χ2n) is 3.78. The zero-order chi connectivity index (χ0) is 11.6. The molecule has 16 heavy (non-hydrogen) atoms. The molecule has 0 aliphatic heterocycles. The summed E-state index contributed by atoms with van der Waals surface area (Å²) in [5.41, 5.74) is 1.30. The van der Waals surface area contributed by atoms with E-state index in [4.69, 9.17) is 9.84 Å². The number of aliphatic hydroxyl groups excluding tert-OH is 1. The van der Waals surface area contributed by atoms with Gasteiger partial charge in [0.25, 0.3) is 0 Å². The molecule has 2 N–H and O–H groups in total. The number of benzene rings is 1. The summed E-state index contributed by atoms with van der Waals surface area (Å²) in [4.78, 5) is 0. The molecule has 0 saturated carbocycles. The van der Waals surface area contributed by atoms with E-state index < -0.39 is 0 Å². The third-order valence-electron chi connectivity index (χ3n) is 2.45. The minimum absolute atomic E-state index is 0.105. The molecule has 3 heteroatoms. The summed E-state index contributed by atoms with van der Waals surface area (Å²) in [6.07, 6.45) is 0.969. The predicted octanol–water partition coefficient (Wildman–Crippen LogP) is 1.74. The van der Waals surface area contributed by atoms with Gasteiger partial charge in [0, 0.05) is 12.6 Å². The predicted molar refractivity (Wildman–Crippen MR) is 65.4 cm³/mol. The van der Waals surface area contributed by atoms with Crippen molar-refractivity contribution in [3.05, 3.63) is 35.9 Å². The van der Waals surface area contributed by atoms with Crippen LogP contribution in [0.3, 0.4) is 0 Å². The second-order valence-corrected chi connectivity index (χ2v) is 3.78. The zero-order valence-electron chi connectivity index (χ0n) is 9.86. The van der Waals surface area contributed by atoms with Gasteiger partial charge in [0.05, 0.1) is 13.2 Å². The van der Waals surface area contributed by atoms with Crippen molar-refractivity contribution >= 4 is 0 Å². The van der Waals surface area contributed by atoms with E-state index in [1.807, 2.05) is 6.07 Å². The minimum atomic E-state index is 0.105. The van der Waals surface area contributed by atoms with Crippen molar-refractivity contribution in [1.29, 1.82) is 0 Å². The summed E-state index contributed by atoms with van der Waals surface area (Å²) in [6.45, 7) is 4.34. The molecule has 1 aromatic rings. The van der Waals surface area contributed by atoms with Crippen LogP contribution in [0.25, 0.3) is 0 Å². The van der Waals surface area contributed by atoms with Crippen LogP contribution < -0.4 is 5.32 Å². The van der Waals surface area contributed by atoms with Gasteiger partial charge in [-0.1, -0.05) is 30.3 Å². The van der Waals surface area contributed by atoms with Gasteiger partial charge >= 0.3 is 0 Å². The van der Waals surface area contributed by atoms with E-state index >= 15 is 0 Å². The molecule has 0 aliphatic carbocycles. The third-order valence-corrected chi connectivity index (χ3v) is 2.45. The van der Waals surface area contributed by atoms with E-state index in [0.29, 0.717) is 19.3 Å². The first-order chi connectivity index (χ1) is 7.84. The number of hydrogen-bond acceptors (Lipinski definition) is 3. The average molecular weight is 223 g/mol. The number of nitrogens with one attached hydrogen (secondary N) is 1. The van der Waals surface area contributed by atoms with Gasteiger partial charge in [-0.15, -0.1) is 0 Å². The molecule has 0 saturated heterocycles. The van der Waals surface area contributed by atoms with E-state index in [9.17, 15) is 0 Å². The first-order valence-electron chi connectivity index (χ1n) is 5.81. The Bertz CT molecular complexity index is 264. The fraction of sp³-hybridized carbons (Fsp3) is 0.538. The van der Waals surface area contributed by atoms with E-state index in [-0.39, 0.29) is 6.61 Å². The molecule has 0 amide bonds. The van der Waals surface area contributed by atoms with Crippen LogP contribution in [-0.4, -0.2) is 31.5 Å². The van der Waals surface area contributed by atoms with Crippen LogP contribution in [0.1, 0.15) is 24.9 Å². The van der Waals surface area contributed by atoms with Crippen molar-refractivity contribution in [3.63, 3.8) is 0 Å². The normalized spacial score (nSPS) is 12.6. The van der Waals surface area contributed by atoms with Gasteiger partial charge in [0.1, 0.15) is 0 Å². The molecule has 0 bridgehead atoms. The van der Waals surface area contributed by atoms with Crippen LogP contribution >= 0.6 is 0 Å². The lowest BCUT2D eigenvalue weighted by Gasteiger charge is -2.13. The number of rotatable bonds is 8. The summed E-state index contributed by atoms with van der Waals surface area (Å²) in [5.74, 6) is 0. The van der Waals surface area contributed by atoms with Crippen LogP contribution in [0.2, 0.25) is 0 Å². The quantitative estimate of drug-likeness (QED) is 0.660. The Balaban J connectivity index is 2.09. The lowest BCUT2D eigenvalue weighted by molar-refractivity contribution is 0.0904. The molecule has 0 heterocycles. The Morgan fingerprint density at radius 3 is 2.69 bits per heavy atom. The zero-order valence-corrected chi connectivity index (χ0v) is 9.86. The van der Waals surface area contributed by atoms with Crippen LogP contribution in [0.5, 0.6) is 0 Å². The van der Waals surface area contributed by atoms with E-state index in [2.05, 4.69) is 36.5 Å². The van der Waals surface area contributed by atoms with Gasteiger partial charge in [0.2, 0.25) is 0 Å². The van der Waals surface area contributed by atoms with Gasteiger partial charge in [0.15, 0.2) is 0 Å². The van der Waals surface area contributed by atoms with Crippen LogP contribution in [0, 0.1) is 0 Å². The number of ether oxygens (including phenoxy) is 1. The third kappa shape index (κ3) is 5.26. The Hall–Kier alpha value is -0.900. The fourth-order valence-electron chi connectivity index (χ4n) is 1.52. The molecule has 90 valence electrons. The fourth-order valence-corrected chi connectivity index (χ4v) is 1.52. The van der Waals surface area contributed by atoms with Gasteiger partial charge in [-0.25, -0.2) is 0 Å². The van der Waals surface area contributed by atoms with Gasteiger partial charge in [-0.2, -0.15) is 0 Å². The molecular formula is C13H21NO2. The summed E-state index contributed by atoms with van der Waals surface area (Å²) in [7, 11) is 0. The van der Waals surface area contributed by atoms with Gasteiger partial charge in [-0.3, -0.25) is 0 Å². The average Bonchev–Trinajstić information content (AvgIpc) is 2.34. The maximum Gasteiger partial charge on any atom is 0.0697 e. The SMILES string of the molecule is CC(NCCCOCCO)c1ccccc1. The highest BCUT2D eigenvalue weighted by atomic mass is 16.5. The van der Waals surface area contributed by atoms with Crippen LogP contribution in [0.15, 0.2) is 30.3 Å². The first kappa shape index (κ1) is 13.2. The van der Waals surface area contributed by atoms with Crippen molar-refractivity contribution in [2.24, 2.45) is 0 Å². The number of hydrogen-bond donors (Lipinski definition) is 2. The smallest absolute Gasteiger partial charge is 0.0697 e. The molecule has 1 aromatic carbocycles. The topological polar surface area (TPSA) is 41.5 Å².